The number of anilines is 1. The summed E-state index contributed by atoms with van der Waals surface area (Å²) in [7, 11) is 0. The molecule has 0 radical (unpaired) electrons. The van der Waals surface area contributed by atoms with Crippen LogP contribution in [0, 0.1) is 0 Å². The first-order chi connectivity index (χ1) is 7.81. The molecule has 3 nitrogen and oxygen atoms in total. The topological polar surface area (TPSA) is 42.2 Å². The summed E-state index contributed by atoms with van der Waals surface area (Å²) in [5.41, 5.74) is 7.10. The van der Waals surface area contributed by atoms with E-state index in [2.05, 4.69) is 46.4 Å². The molecule has 4 heteroatoms. The second-order valence-corrected chi connectivity index (χ2v) is 6.24. The van der Waals surface area contributed by atoms with E-state index in [1.807, 2.05) is 0 Å². The first kappa shape index (κ1) is 14.5. The third-order valence-corrected chi connectivity index (χ3v) is 4.28. The van der Waals surface area contributed by atoms with Crippen LogP contribution in [0.2, 0.25) is 0 Å². The van der Waals surface area contributed by atoms with Gasteiger partial charge in [-0.25, -0.2) is 4.98 Å². The molecule has 0 saturated heterocycles. The lowest BCUT2D eigenvalue weighted by Gasteiger charge is -2.19. The van der Waals surface area contributed by atoms with Crippen LogP contribution in [-0.4, -0.2) is 18.1 Å². The third kappa shape index (κ3) is 3.19. The van der Waals surface area contributed by atoms with Gasteiger partial charge in [0.2, 0.25) is 0 Å². The van der Waals surface area contributed by atoms with Crippen molar-refractivity contribution in [3.8, 4) is 0 Å². The van der Waals surface area contributed by atoms with Gasteiger partial charge in [-0.15, -0.1) is 0 Å². The summed E-state index contributed by atoms with van der Waals surface area (Å²) in [5, 5.41) is 1.10. The minimum absolute atomic E-state index is 0.303. The molecular weight excluding hydrogens is 230 g/mol. The molecule has 1 aromatic heterocycles. The van der Waals surface area contributed by atoms with Gasteiger partial charge in [-0.1, -0.05) is 25.2 Å². The van der Waals surface area contributed by atoms with Gasteiger partial charge in [0, 0.05) is 23.5 Å². The van der Waals surface area contributed by atoms with Gasteiger partial charge < -0.3 is 10.6 Å². The van der Waals surface area contributed by atoms with Crippen molar-refractivity contribution in [2.45, 2.75) is 53.0 Å². The monoisotopic (exact) mass is 255 g/mol. The highest BCUT2D eigenvalue weighted by atomic mass is 32.1. The molecule has 0 aliphatic carbocycles. The molecule has 17 heavy (non-hydrogen) atoms. The van der Waals surface area contributed by atoms with Gasteiger partial charge in [0.05, 0.1) is 5.69 Å². The Hall–Kier alpha value is -0.610. The summed E-state index contributed by atoms with van der Waals surface area (Å²) in [6, 6.07) is 0. The normalized spacial score (nSPS) is 12.2. The molecule has 0 spiro atoms. The van der Waals surface area contributed by atoms with Gasteiger partial charge >= 0.3 is 0 Å². The van der Waals surface area contributed by atoms with Gasteiger partial charge in [0.15, 0.2) is 5.13 Å². The molecule has 0 saturated carbocycles. The summed E-state index contributed by atoms with van der Waals surface area (Å²) in [5.74, 6) is 0.424. The summed E-state index contributed by atoms with van der Waals surface area (Å²) in [6.45, 7) is 14.8. The Kier molecular flexibility index (Phi) is 4.55. The molecular formula is C13H25N3S. The molecule has 1 aromatic rings. The fourth-order valence-electron chi connectivity index (χ4n) is 1.80. The fourth-order valence-corrected chi connectivity index (χ4v) is 3.17. The Morgan fingerprint density at radius 2 is 1.82 bits per heavy atom. The predicted octanol–water partition coefficient (Wildman–Crippen LogP) is 3.31. The summed E-state index contributed by atoms with van der Waals surface area (Å²) < 4.78 is 0. The number of hydrogen-bond acceptors (Lipinski definition) is 4. The summed E-state index contributed by atoms with van der Waals surface area (Å²) in [4.78, 5) is 8.28. The van der Waals surface area contributed by atoms with Gasteiger partial charge in [-0.2, -0.15) is 0 Å². The van der Waals surface area contributed by atoms with E-state index in [0.29, 0.717) is 5.92 Å². The van der Waals surface area contributed by atoms with Gasteiger partial charge in [0.25, 0.3) is 0 Å². The maximum atomic E-state index is 6.24. The smallest absolute Gasteiger partial charge is 0.185 e. The molecule has 0 unspecified atom stereocenters. The molecule has 0 aliphatic rings. The number of rotatable bonds is 5. The van der Waals surface area contributed by atoms with Gasteiger partial charge in [0.1, 0.15) is 0 Å². The highest BCUT2D eigenvalue weighted by Gasteiger charge is 2.26. The molecule has 0 bridgehead atoms. The first-order valence-electron chi connectivity index (χ1n) is 6.36. The Bertz CT molecular complexity index is 359. The number of hydrogen-bond donors (Lipinski definition) is 1. The van der Waals surface area contributed by atoms with Crippen molar-refractivity contribution in [3.63, 3.8) is 0 Å². The van der Waals surface area contributed by atoms with Gasteiger partial charge in [-0.3, -0.25) is 0 Å². The lowest BCUT2D eigenvalue weighted by molar-refractivity contribution is 0.553. The zero-order chi connectivity index (χ0) is 13.2. The molecule has 0 atom stereocenters. The van der Waals surface area contributed by atoms with Crippen molar-refractivity contribution in [2.24, 2.45) is 5.73 Å². The zero-order valence-electron chi connectivity index (χ0n) is 11.9. The average molecular weight is 255 g/mol. The molecule has 98 valence electrons. The van der Waals surface area contributed by atoms with E-state index in [1.165, 1.54) is 4.88 Å². The second-order valence-electron chi connectivity index (χ2n) is 5.26. The number of nitrogens with two attached hydrogens (primary N) is 1. The minimum Gasteiger partial charge on any atom is -0.349 e. The third-order valence-electron chi connectivity index (χ3n) is 2.81. The van der Waals surface area contributed by atoms with E-state index in [4.69, 9.17) is 10.7 Å². The van der Waals surface area contributed by atoms with Crippen molar-refractivity contribution in [1.82, 2.24) is 4.98 Å². The van der Waals surface area contributed by atoms with E-state index in [9.17, 15) is 0 Å². The van der Waals surface area contributed by atoms with Crippen LogP contribution in [0.15, 0.2) is 0 Å². The van der Waals surface area contributed by atoms with Crippen LogP contribution in [0.4, 0.5) is 5.13 Å². The van der Waals surface area contributed by atoms with Crippen molar-refractivity contribution in [2.75, 3.05) is 18.0 Å². The van der Waals surface area contributed by atoms with Crippen LogP contribution in [0.25, 0.3) is 0 Å². The molecule has 0 fully saturated rings. The SMILES string of the molecule is CCN(CC)c1nc(C(C)C)c(C(C)(C)N)s1. The Labute approximate surface area is 109 Å². The highest BCUT2D eigenvalue weighted by molar-refractivity contribution is 7.15. The molecule has 0 aromatic carbocycles. The molecule has 1 rings (SSSR count). The first-order valence-corrected chi connectivity index (χ1v) is 7.17. The quantitative estimate of drug-likeness (QED) is 0.877. The molecule has 1 heterocycles. The summed E-state index contributed by atoms with van der Waals surface area (Å²) >= 11 is 1.74. The van der Waals surface area contributed by atoms with Crippen molar-refractivity contribution in [1.29, 1.82) is 0 Å². The van der Waals surface area contributed by atoms with Crippen LogP contribution in [0.5, 0.6) is 0 Å². The molecule has 0 amide bonds. The average Bonchev–Trinajstić information content (AvgIpc) is 2.64. The van der Waals surface area contributed by atoms with Crippen LogP contribution in [0.1, 0.15) is 58.0 Å². The molecule has 0 aliphatic heterocycles. The standard InChI is InChI=1S/C13H25N3S/c1-7-16(8-2)12-15-10(9(3)4)11(17-12)13(5,6)14/h9H,7-8,14H2,1-6H3. The highest BCUT2D eigenvalue weighted by Crippen LogP contribution is 2.36. The second kappa shape index (κ2) is 5.36. The predicted molar refractivity (Wildman–Crippen MR) is 77.0 cm³/mol. The van der Waals surface area contributed by atoms with E-state index >= 15 is 0 Å². The van der Waals surface area contributed by atoms with Crippen molar-refractivity contribution in [3.05, 3.63) is 10.6 Å². The van der Waals surface area contributed by atoms with Gasteiger partial charge in [-0.05, 0) is 33.6 Å². The van der Waals surface area contributed by atoms with E-state index in [-0.39, 0.29) is 5.54 Å². The lowest BCUT2D eigenvalue weighted by Crippen LogP contribution is -2.28. The minimum atomic E-state index is -0.303. The fraction of sp³-hybridized carbons (Fsp3) is 0.769. The lowest BCUT2D eigenvalue weighted by atomic mass is 9.98. The van der Waals surface area contributed by atoms with Crippen molar-refractivity contribution >= 4 is 16.5 Å². The Morgan fingerprint density at radius 3 is 2.12 bits per heavy atom. The van der Waals surface area contributed by atoms with E-state index in [1.54, 1.807) is 11.3 Å². The maximum absolute atomic E-state index is 6.24. The number of aromatic nitrogens is 1. The van der Waals surface area contributed by atoms with E-state index in [0.717, 1.165) is 23.9 Å². The summed E-state index contributed by atoms with van der Waals surface area (Å²) in [6.07, 6.45) is 0. The maximum Gasteiger partial charge on any atom is 0.185 e. The van der Waals surface area contributed by atoms with Crippen LogP contribution in [-0.2, 0) is 5.54 Å². The molecule has 2 N–H and O–H groups in total. The number of nitrogens with zero attached hydrogens (tertiary/aromatic N) is 2. The number of thiazole rings is 1. The Morgan fingerprint density at radius 1 is 1.29 bits per heavy atom. The largest absolute Gasteiger partial charge is 0.349 e. The van der Waals surface area contributed by atoms with Crippen LogP contribution < -0.4 is 10.6 Å². The van der Waals surface area contributed by atoms with Crippen molar-refractivity contribution < 1.29 is 0 Å². The zero-order valence-corrected chi connectivity index (χ0v) is 12.7. The van der Waals surface area contributed by atoms with E-state index < -0.39 is 0 Å². The van der Waals surface area contributed by atoms with Crippen LogP contribution in [0.3, 0.4) is 0 Å². The Balaban J connectivity index is 3.21. The van der Waals surface area contributed by atoms with Crippen LogP contribution >= 0.6 is 11.3 Å².